The van der Waals surface area contributed by atoms with Gasteiger partial charge >= 0.3 is 0 Å². The number of fused-ring (bicyclic) bond motifs is 1. The number of aryl methyl sites for hydroxylation is 1. The van der Waals surface area contributed by atoms with Crippen molar-refractivity contribution in [3.8, 4) is 0 Å². The average Bonchev–Trinajstić information content (AvgIpc) is 2.90. The van der Waals surface area contributed by atoms with Crippen molar-refractivity contribution in [2.45, 2.75) is 35.8 Å². The molecule has 1 atom stereocenters. The fourth-order valence-corrected chi connectivity index (χ4v) is 4.59. The minimum atomic E-state index is -3.82. The number of hydrogen-bond acceptors (Lipinski definition) is 6. The van der Waals surface area contributed by atoms with Gasteiger partial charge in [-0.05, 0) is 25.1 Å². The molecule has 0 saturated heterocycles. The Labute approximate surface area is 144 Å². The lowest BCUT2D eigenvalue weighted by atomic mass is 10.2. The van der Waals surface area contributed by atoms with Crippen LogP contribution in [0.1, 0.15) is 19.6 Å². The molecule has 24 heavy (non-hydrogen) atoms. The summed E-state index contributed by atoms with van der Waals surface area (Å²) in [6.07, 6.45) is 0. The van der Waals surface area contributed by atoms with E-state index in [-0.39, 0.29) is 21.9 Å². The summed E-state index contributed by atoms with van der Waals surface area (Å²) in [6, 6.07) is 6.27. The van der Waals surface area contributed by atoms with Crippen molar-refractivity contribution >= 4 is 39.2 Å². The van der Waals surface area contributed by atoms with Crippen LogP contribution < -0.4 is 9.62 Å². The van der Waals surface area contributed by atoms with E-state index >= 15 is 0 Å². The molecule has 0 bridgehead atoms. The molecule has 1 aliphatic rings. The van der Waals surface area contributed by atoms with E-state index < -0.39 is 10.0 Å². The summed E-state index contributed by atoms with van der Waals surface area (Å²) >= 11 is 1.62. The first-order valence-electron chi connectivity index (χ1n) is 7.31. The Morgan fingerprint density at radius 1 is 1.42 bits per heavy atom. The summed E-state index contributed by atoms with van der Waals surface area (Å²) < 4.78 is 32.3. The third-order valence-electron chi connectivity index (χ3n) is 3.55. The Kier molecular flexibility index (Phi) is 4.31. The van der Waals surface area contributed by atoms with Crippen molar-refractivity contribution < 1.29 is 17.7 Å². The van der Waals surface area contributed by atoms with Crippen LogP contribution in [0.15, 0.2) is 38.6 Å². The molecule has 0 saturated carbocycles. The topological polar surface area (TPSA) is 92.5 Å². The second kappa shape index (κ2) is 6.14. The number of rotatable bonds is 3. The number of aromatic nitrogens is 1. The van der Waals surface area contributed by atoms with Gasteiger partial charge in [0.2, 0.25) is 5.91 Å². The maximum absolute atomic E-state index is 12.5. The maximum Gasteiger partial charge on any atom is 0.263 e. The number of nitrogens with one attached hydrogen (secondary N) is 1. The van der Waals surface area contributed by atoms with Gasteiger partial charge in [-0.2, -0.15) is 0 Å². The molecular weight excluding hydrogens is 350 g/mol. The standard InChI is InChI=1S/C15H17N3O4S2/c1-9-6-15(16-22-9)17-24(20,21)12-4-5-14-13(7-12)18(11(3)19)8-10(2)23-14/h4-7,10H,8H2,1-3H3,(H,16,17)/t10-/m1/s1. The van der Waals surface area contributed by atoms with E-state index in [2.05, 4.69) is 9.88 Å². The SMILES string of the molecule is CC(=O)N1C[C@@H](C)Sc2ccc(S(=O)(=O)Nc3cc(C)on3)cc21. The molecule has 0 unspecified atom stereocenters. The number of benzene rings is 1. The molecule has 1 N–H and O–H groups in total. The molecule has 3 rings (SSSR count). The van der Waals surface area contributed by atoms with Crippen molar-refractivity contribution in [2.75, 3.05) is 16.2 Å². The third-order valence-corrected chi connectivity index (χ3v) is 6.05. The Bertz CT molecular complexity index is 892. The van der Waals surface area contributed by atoms with Crippen molar-refractivity contribution in [2.24, 2.45) is 0 Å². The summed E-state index contributed by atoms with van der Waals surface area (Å²) in [5, 5.41) is 3.88. The molecule has 2 heterocycles. The molecule has 2 aromatic rings. The van der Waals surface area contributed by atoms with Gasteiger partial charge in [0, 0.05) is 29.7 Å². The number of thioether (sulfide) groups is 1. The van der Waals surface area contributed by atoms with Gasteiger partial charge in [-0.1, -0.05) is 12.1 Å². The smallest absolute Gasteiger partial charge is 0.263 e. The van der Waals surface area contributed by atoms with Crippen LogP contribution in [0.2, 0.25) is 0 Å². The molecule has 0 spiro atoms. The van der Waals surface area contributed by atoms with Crippen molar-refractivity contribution in [1.82, 2.24) is 5.16 Å². The number of sulfonamides is 1. The van der Waals surface area contributed by atoms with Crippen molar-refractivity contribution in [3.63, 3.8) is 0 Å². The highest BCUT2D eigenvalue weighted by Gasteiger charge is 2.27. The predicted molar refractivity (Wildman–Crippen MR) is 91.8 cm³/mol. The highest BCUT2D eigenvalue weighted by Crippen LogP contribution is 2.39. The summed E-state index contributed by atoms with van der Waals surface area (Å²) in [5.74, 6) is 0.515. The average molecular weight is 367 g/mol. The van der Waals surface area contributed by atoms with Crippen LogP contribution in [0.4, 0.5) is 11.5 Å². The minimum Gasteiger partial charge on any atom is -0.360 e. The van der Waals surface area contributed by atoms with Gasteiger partial charge in [-0.15, -0.1) is 11.8 Å². The quantitative estimate of drug-likeness (QED) is 0.896. The highest BCUT2D eigenvalue weighted by atomic mass is 32.2. The summed E-state index contributed by atoms with van der Waals surface area (Å²) in [6.45, 7) is 5.73. The lowest BCUT2D eigenvalue weighted by Crippen LogP contribution is -2.37. The first-order valence-corrected chi connectivity index (χ1v) is 9.67. The number of amides is 1. The molecule has 7 nitrogen and oxygen atoms in total. The van der Waals surface area contributed by atoms with Crippen LogP contribution in [0.5, 0.6) is 0 Å². The van der Waals surface area contributed by atoms with Gasteiger partial charge in [0.15, 0.2) is 5.82 Å². The predicted octanol–water partition coefficient (Wildman–Crippen LogP) is 2.63. The largest absolute Gasteiger partial charge is 0.360 e. The maximum atomic E-state index is 12.5. The Balaban J connectivity index is 1.98. The molecule has 0 aliphatic carbocycles. The zero-order valence-corrected chi connectivity index (χ0v) is 15.1. The highest BCUT2D eigenvalue weighted by molar-refractivity contribution is 8.00. The lowest BCUT2D eigenvalue weighted by molar-refractivity contribution is -0.116. The van der Waals surface area contributed by atoms with Gasteiger partial charge < -0.3 is 9.42 Å². The van der Waals surface area contributed by atoms with Crippen molar-refractivity contribution in [3.05, 3.63) is 30.0 Å². The number of anilines is 2. The van der Waals surface area contributed by atoms with Gasteiger partial charge in [-0.3, -0.25) is 9.52 Å². The van der Waals surface area contributed by atoms with Crippen LogP contribution in [0, 0.1) is 6.92 Å². The monoisotopic (exact) mass is 367 g/mol. The van der Waals surface area contributed by atoms with Crippen LogP contribution >= 0.6 is 11.8 Å². The fraction of sp³-hybridized carbons (Fsp3) is 0.333. The van der Waals surface area contributed by atoms with Gasteiger partial charge in [-0.25, -0.2) is 8.42 Å². The van der Waals surface area contributed by atoms with E-state index in [9.17, 15) is 13.2 Å². The summed E-state index contributed by atoms with van der Waals surface area (Å²) in [7, 11) is -3.82. The third kappa shape index (κ3) is 3.27. The Morgan fingerprint density at radius 3 is 2.79 bits per heavy atom. The Hall–Kier alpha value is -2.00. The van der Waals surface area contributed by atoms with Gasteiger partial charge in [0.25, 0.3) is 10.0 Å². The molecule has 128 valence electrons. The number of carbonyl (C=O) groups excluding carboxylic acids is 1. The molecule has 1 aromatic carbocycles. The van der Waals surface area contributed by atoms with Gasteiger partial charge in [0.1, 0.15) is 5.76 Å². The first-order chi connectivity index (χ1) is 11.3. The van der Waals surface area contributed by atoms with Crippen molar-refractivity contribution in [1.29, 1.82) is 0 Å². The number of carbonyl (C=O) groups is 1. The minimum absolute atomic E-state index is 0.0725. The number of hydrogen-bond donors (Lipinski definition) is 1. The van der Waals surface area contributed by atoms with E-state index in [1.165, 1.54) is 25.1 Å². The molecule has 9 heteroatoms. The summed E-state index contributed by atoms with van der Waals surface area (Å²) in [4.78, 5) is 14.5. The zero-order chi connectivity index (χ0) is 17.5. The van der Waals surface area contributed by atoms with E-state index in [0.29, 0.717) is 18.0 Å². The van der Waals surface area contributed by atoms with E-state index in [4.69, 9.17) is 4.52 Å². The fourth-order valence-electron chi connectivity index (χ4n) is 2.49. The second-order valence-corrected chi connectivity index (χ2v) is 8.78. The zero-order valence-electron chi connectivity index (χ0n) is 13.4. The van der Waals surface area contributed by atoms with Crippen LogP contribution in [-0.2, 0) is 14.8 Å². The molecule has 1 aromatic heterocycles. The lowest BCUT2D eigenvalue weighted by Gasteiger charge is -2.32. The van der Waals surface area contributed by atoms with E-state index in [1.807, 2.05) is 6.92 Å². The molecule has 0 radical (unpaired) electrons. The number of nitrogens with zero attached hydrogens (tertiary/aromatic N) is 2. The van der Waals surface area contributed by atoms with Crippen LogP contribution in [-0.4, -0.2) is 31.3 Å². The van der Waals surface area contributed by atoms with Gasteiger partial charge in [0.05, 0.1) is 10.6 Å². The van der Waals surface area contributed by atoms with E-state index in [0.717, 1.165) is 4.90 Å². The normalized spacial score (nSPS) is 17.5. The summed E-state index contributed by atoms with van der Waals surface area (Å²) in [5.41, 5.74) is 0.616. The molecule has 1 amide bonds. The molecule has 1 aliphatic heterocycles. The second-order valence-electron chi connectivity index (χ2n) is 5.62. The van der Waals surface area contributed by atoms with E-state index in [1.54, 1.807) is 29.7 Å². The molecule has 0 fully saturated rings. The first kappa shape index (κ1) is 16.8. The van der Waals surface area contributed by atoms with Crippen LogP contribution in [0.25, 0.3) is 0 Å². The van der Waals surface area contributed by atoms with Crippen LogP contribution in [0.3, 0.4) is 0 Å². The molecular formula is C15H17N3O4S2. The Morgan fingerprint density at radius 2 is 2.17 bits per heavy atom.